The molecule has 172 valence electrons. The van der Waals surface area contributed by atoms with Gasteiger partial charge in [0, 0.05) is 13.7 Å². The van der Waals surface area contributed by atoms with Gasteiger partial charge in [0.25, 0.3) is 0 Å². The maximum Gasteiger partial charge on any atom is 0.306 e. The van der Waals surface area contributed by atoms with Gasteiger partial charge in [-0.1, -0.05) is 19.8 Å². The average molecular weight is 451 g/mol. The van der Waals surface area contributed by atoms with Gasteiger partial charge in [-0.05, 0) is 44.7 Å². The number of hydrogen-bond acceptors (Lipinski definition) is 7. The van der Waals surface area contributed by atoms with Crippen molar-refractivity contribution >= 4 is 28.6 Å². The van der Waals surface area contributed by atoms with Gasteiger partial charge in [-0.2, -0.15) is 0 Å². The summed E-state index contributed by atoms with van der Waals surface area (Å²) in [7, 11) is -1.69. The van der Waals surface area contributed by atoms with E-state index in [-0.39, 0.29) is 26.1 Å². The van der Waals surface area contributed by atoms with Crippen LogP contribution in [-0.2, 0) is 32.7 Å². The van der Waals surface area contributed by atoms with Crippen molar-refractivity contribution < 1.29 is 32.7 Å². The normalized spacial score (nSPS) is 12.1. The first kappa shape index (κ1) is 28.3. The molecule has 0 radical (unpaired) electrons. The van der Waals surface area contributed by atoms with Gasteiger partial charge in [0.05, 0.1) is 26.1 Å². The maximum absolute atomic E-state index is 11.6. The minimum atomic E-state index is -1.66. The highest BCUT2D eigenvalue weighted by atomic mass is 28.4. The van der Waals surface area contributed by atoms with Crippen molar-refractivity contribution in [3.63, 3.8) is 0 Å². The molecule has 0 saturated carbocycles. The van der Waals surface area contributed by atoms with Crippen molar-refractivity contribution in [3.05, 3.63) is 0 Å². The third-order valence-electron chi connectivity index (χ3n) is 4.33. The van der Waals surface area contributed by atoms with Crippen LogP contribution in [0.3, 0.4) is 0 Å². The Morgan fingerprint density at radius 1 is 0.724 bits per heavy atom. The lowest BCUT2D eigenvalue weighted by Crippen LogP contribution is -2.44. The Labute approximate surface area is 179 Å². The number of methoxy groups -OCH3 is 1. The smallest absolute Gasteiger partial charge is 0.306 e. The minimum Gasteiger partial charge on any atom is -0.463 e. The Hall–Kier alpha value is -0.746. The Balaban J connectivity index is 3.73. The highest BCUT2D eigenvalue weighted by molar-refractivity contribution is 6.84. The number of esters is 2. The van der Waals surface area contributed by atoms with E-state index < -0.39 is 28.6 Å². The van der Waals surface area contributed by atoms with Gasteiger partial charge in [0.1, 0.15) is 13.2 Å². The molecule has 0 fully saturated rings. The Morgan fingerprint density at radius 3 is 1.76 bits per heavy atom. The zero-order valence-electron chi connectivity index (χ0n) is 19.3. The number of carbonyl (C=O) groups is 2. The average Bonchev–Trinajstić information content (AvgIpc) is 2.63. The van der Waals surface area contributed by atoms with Crippen molar-refractivity contribution in [1.82, 2.24) is 0 Å². The van der Waals surface area contributed by atoms with Crippen LogP contribution in [0.1, 0.15) is 39.0 Å². The first-order valence-electron chi connectivity index (χ1n) is 10.7. The van der Waals surface area contributed by atoms with Gasteiger partial charge in [0.15, 0.2) is 16.6 Å². The molecule has 0 saturated heterocycles. The Bertz CT molecular complexity index is 456. The monoisotopic (exact) mass is 450 g/mol. The van der Waals surface area contributed by atoms with Gasteiger partial charge in [-0.15, -0.1) is 0 Å². The predicted octanol–water partition coefficient (Wildman–Crippen LogP) is 4.13. The highest BCUT2D eigenvalue weighted by Gasteiger charge is 2.31. The molecular formula is C20H42O7Si2. The molecule has 0 unspecified atom stereocenters. The third kappa shape index (κ3) is 17.8. The zero-order valence-corrected chi connectivity index (χ0v) is 21.3. The van der Waals surface area contributed by atoms with Crippen molar-refractivity contribution in [2.75, 3.05) is 40.1 Å². The summed E-state index contributed by atoms with van der Waals surface area (Å²) in [6, 6.07) is 2.30. The number of hydrogen-bond donors (Lipinski definition) is 0. The van der Waals surface area contributed by atoms with Crippen LogP contribution in [0.25, 0.3) is 0 Å². The molecule has 0 spiro atoms. The molecule has 0 aliphatic heterocycles. The number of rotatable bonds is 18. The molecule has 0 rings (SSSR count). The summed E-state index contributed by atoms with van der Waals surface area (Å²) in [5, 5.41) is 0. The van der Waals surface area contributed by atoms with E-state index in [4.69, 9.17) is 23.1 Å². The second-order valence-corrected chi connectivity index (χ2v) is 17.2. The topological polar surface area (TPSA) is 80.3 Å². The van der Waals surface area contributed by atoms with E-state index >= 15 is 0 Å². The zero-order chi connectivity index (χ0) is 22.2. The van der Waals surface area contributed by atoms with Crippen LogP contribution in [0, 0.1) is 0 Å². The minimum absolute atomic E-state index is 0.0145. The molecular weight excluding hydrogens is 408 g/mol. The van der Waals surface area contributed by atoms with Crippen LogP contribution < -0.4 is 0 Å². The van der Waals surface area contributed by atoms with Crippen molar-refractivity contribution in [2.45, 2.75) is 77.3 Å². The molecule has 0 amide bonds. The molecule has 0 aromatic carbocycles. The second-order valence-electron chi connectivity index (χ2n) is 8.37. The van der Waals surface area contributed by atoms with Gasteiger partial charge in [-0.25, -0.2) is 0 Å². The standard InChI is InChI=1S/C20H42O7Si2/c1-7-8-17-28(3,4)27-29(5,6)18-9-12-24-14-16-26-20(22)11-10-19(21)25-15-13-23-2/h7-18H2,1-6H3. The number of ether oxygens (including phenoxy) is 4. The Kier molecular flexibility index (Phi) is 15.6. The predicted molar refractivity (Wildman–Crippen MR) is 119 cm³/mol. The second kappa shape index (κ2) is 16.0. The molecule has 0 aliphatic rings. The molecule has 0 heterocycles. The summed E-state index contributed by atoms with van der Waals surface area (Å²) in [6.45, 7) is 13.2. The molecule has 0 bridgehead atoms. The number of unbranched alkanes of at least 4 members (excludes halogenated alkanes) is 1. The van der Waals surface area contributed by atoms with Crippen LogP contribution in [0.2, 0.25) is 38.3 Å². The van der Waals surface area contributed by atoms with Crippen LogP contribution in [-0.4, -0.2) is 68.7 Å². The largest absolute Gasteiger partial charge is 0.463 e. The highest BCUT2D eigenvalue weighted by Crippen LogP contribution is 2.24. The summed E-state index contributed by atoms with van der Waals surface area (Å²) in [4.78, 5) is 23.0. The van der Waals surface area contributed by atoms with Crippen molar-refractivity contribution in [3.8, 4) is 0 Å². The molecule has 9 heteroatoms. The van der Waals surface area contributed by atoms with Gasteiger partial charge >= 0.3 is 11.9 Å². The fraction of sp³-hybridized carbons (Fsp3) is 0.900. The van der Waals surface area contributed by atoms with Gasteiger partial charge < -0.3 is 23.1 Å². The first-order chi connectivity index (χ1) is 13.6. The van der Waals surface area contributed by atoms with Crippen LogP contribution in [0.4, 0.5) is 0 Å². The summed E-state index contributed by atoms with van der Waals surface area (Å²) in [6.07, 6.45) is 3.46. The summed E-state index contributed by atoms with van der Waals surface area (Å²) >= 11 is 0. The van der Waals surface area contributed by atoms with E-state index in [0.29, 0.717) is 19.8 Å². The molecule has 0 aromatic rings. The first-order valence-corrected chi connectivity index (χ1v) is 16.9. The molecule has 29 heavy (non-hydrogen) atoms. The van der Waals surface area contributed by atoms with E-state index in [0.717, 1.165) is 12.5 Å². The molecule has 0 atom stereocenters. The van der Waals surface area contributed by atoms with E-state index in [1.54, 1.807) is 0 Å². The van der Waals surface area contributed by atoms with E-state index in [1.165, 1.54) is 26.0 Å². The summed E-state index contributed by atoms with van der Waals surface area (Å²) in [5.41, 5.74) is 0. The SMILES string of the molecule is CCCC[Si](C)(C)O[Si](C)(C)CCCOCCOC(=O)CCC(=O)OCCOC. The van der Waals surface area contributed by atoms with E-state index in [2.05, 4.69) is 33.1 Å². The van der Waals surface area contributed by atoms with Crippen molar-refractivity contribution in [2.24, 2.45) is 0 Å². The van der Waals surface area contributed by atoms with Crippen LogP contribution in [0.5, 0.6) is 0 Å². The molecule has 0 aromatic heterocycles. The van der Waals surface area contributed by atoms with E-state index in [9.17, 15) is 9.59 Å². The lowest BCUT2D eigenvalue weighted by molar-refractivity contribution is -0.151. The maximum atomic E-state index is 11.6. The van der Waals surface area contributed by atoms with Gasteiger partial charge in [-0.3, -0.25) is 9.59 Å². The number of carbonyl (C=O) groups excluding carboxylic acids is 2. The quantitative estimate of drug-likeness (QED) is 0.176. The molecule has 7 nitrogen and oxygen atoms in total. The summed E-state index contributed by atoms with van der Waals surface area (Å²) in [5.74, 6) is -0.844. The van der Waals surface area contributed by atoms with Crippen LogP contribution in [0.15, 0.2) is 0 Å². The van der Waals surface area contributed by atoms with Crippen molar-refractivity contribution in [1.29, 1.82) is 0 Å². The van der Waals surface area contributed by atoms with E-state index in [1.807, 2.05) is 0 Å². The third-order valence-corrected chi connectivity index (χ3v) is 11.9. The fourth-order valence-corrected chi connectivity index (χ4v) is 12.0. The summed E-state index contributed by atoms with van der Waals surface area (Å²) < 4.78 is 26.9. The fourth-order valence-electron chi connectivity index (χ4n) is 2.96. The lowest BCUT2D eigenvalue weighted by Gasteiger charge is -2.34. The lowest BCUT2D eigenvalue weighted by atomic mass is 10.3. The molecule has 0 aliphatic carbocycles. The van der Waals surface area contributed by atoms with Gasteiger partial charge in [0.2, 0.25) is 0 Å². The van der Waals surface area contributed by atoms with Crippen LogP contribution >= 0.6 is 0 Å². The Morgan fingerprint density at radius 2 is 1.24 bits per heavy atom. The molecule has 0 N–H and O–H groups in total.